The molecule has 21 heavy (non-hydrogen) atoms. The summed E-state index contributed by atoms with van der Waals surface area (Å²) in [5.74, 6) is -1.61. The van der Waals surface area contributed by atoms with Crippen molar-refractivity contribution in [1.29, 1.82) is 0 Å². The fourth-order valence-corrected chi connectivity index (χ4v) is 1.61. The third-order valence-corrected chi connectivity index (χ3v) is 2.82. The van der Waals surface area contributed by atoms with Gasteiger partial charge in [0, 0.05) is 5.56 Å². The van der Waals surface area contributed by atoms with Gasteiger partial charge in [0.05, 0.1) is 12.7 Å². The maximum absolute atomic E-state index is 13.2. The second-order valence-corrected chi connectivity index (χ2v) is 5.33. The van der Waals surface area contributed by atoms with Crippen molar-refractivity contribution in [2.45, 2.75) is 32.4 Å². The second kappa shape index (κ2) is 5.87. The lowest BCUT2D eigenvalue weighted by molar-refractivity contribution is 0.0410. The number of nitrogens with zero attached hydrogens (tertiary/aromatic N) is 2. The van der Waals surface area contributed by atoms with Gasteiger partial charge in [-0.15, -0.1) is 0 Å². The summed E-state index contributed by atoms with van der Waals surface area (Å²) >= 11 is 0. The van der Waals surface area contributed by atoms with Gasteiger partial charge in [-0.3, -0.25) is 0 Å². The zero-order valence-corrected chi connectivity index (χ0v) is 12.1. The summed E-state index contributed by atoms with van der Waals surface area (Å²) in [4.78, 5) is 4.13. The normalized spacial score (nSPS) is 14.4. The van der Waals surface area contributed by atoms with Gasteiger partial charge in [0.1, 0.15) is 5.54 Å². The first kappa shape index (κ1) is 15.5. The highest BCUT2D eigenvalue weighted by molar-refractivity contribution is 5.52. The van der Waals surface area contributed by atoms with E-state index < -0.39 is 17.2 Å². The van der Waals surface area contributed by atoms with Crippen LogP contribution in [0.5, 0.6) is 0 Å². The number of ether oxygens (including phenoxy) is 1. The first-order valence-corrected chi connectivity index (χ1v) is 6.49. The van der Waals surface area contributed by atoms with Crippen LogP contribution in [-0.2, 0) is 10.3 Å². The molecule has 2 aromatic rings. The summed E-state index contributed by atoms with van der Waals surface area (Å²) in [6.07, 6.45) is 0.0189. The van der Waals surface area contributed by atoms with Crippen molar-refractivity contribution in [3.05, 3.63) is 35.7 Å². The highest BCUT2D eigenvalue weighted by Crippen LogP contribution is 2.23. The first-order valence-electron chi connectivity index (χ1n) is 6.49. The average Bonchev–Trinajstić information content (AvgIpc) is 2.90. The van der Waals surface area contributed by atoms with Gasteiger partial charge in [-0.1, -0.05) is 5.16 Å². The lowest BCUT2D eigenvalue weighted by atomic mass is 10.1. The molecule has 0 aliphatic heterocycles. The Morgan fingerprint density at radius 3 is 2.67 bits per heavy atom. The Morgan fingerprint density at radius 2 is 2.05 bits per heavy atom. The molecule has 1 atom stereocenters. The minimum atomic E-state index is -0.981. The fraction of sp³-hybridized carbons (Fsp3) is 0.429. The average molecular weight is 297 g/mol. The van der Waals surface area contributed by atoms with Crippen LogP contribution >= 0.6 is 0 Å². The van der Waals surface area contributed by atoms with Gasteiger partial charge in [-0.25, -0.2) is 8.78 Å². The van der Waals surface area contributed by atoms with E-state index in [1.807, 2.05) is 13.8 Å². The van der Waals surface area contributed by atoms with Crippen LogP contribution in [-0.4, -0.2) is 22.9 Å². The van der Waals surface area contributed by atoms with Gasteiger partial charge < -0.3 is 15.0 Å². The van der Waals surface area contributed by atoms with Crippen molar-refractivity contribution >= 4 is 0 Å². The van der Waals surface area contributed by atoms with Crippen molar-refractivity contribution in [1.82, 2.24) is 10.1 Å². The van der Waals surface area contributed by atoms with E-state index in [4.69, 9.17) is 15.0 Å². The Labute approximate surface area is 121 Å². The van der Waals surface area contributed by atoms with Crippen LogP contribution in [0.25, 0.3) is 11.5 Å². The molecule has 114 valence electrons. The second-order valence-electron chi connectivity index (χ2n) is 5.33. The van der Waals surface area contributed by atoms with Crippen LogP contribution in [0.4, 0.5) is 8.78 Å². The lowest BCUT2D eigenvalue weighted by Crippen LogP contribution is -2.40. The third-order valence-electron chi connectivity index (χ3n) is 2.82. The highest BCUT2D eigenvalue weighted by atomic mass is 19.2. The van der Waals surface area contributed by atoms with Gasteiger partial charge in [0.25, 0.3) is 5.89 Å². The van der Waals surface area contributed by atoms with Crippen LogP contribution in [0, 0.1) is 11.6 Å². The molecule has 1 aromatic carbocycles. The Morgan fingerprint density at radius 1 is 1.33 bits per heavy atom. The molecule has 0 amide bonds. The van der Waals surface area contributed by atoms with E-state index in [0.717, 1.165) is 12.1 Å². The van der Waals surface area contributed by atoms with Crippen LogP contribution in [0.15, 0.2) is 22.7 Å². The van der Waals surface area contributed by atoms with Crippen molar-refractivity contribution in [2.24, 2.45) is 5.73 Å². The molecular weight excluding hydrogens is 280 g/mol. The van der Waals surface area contributed by atoms with Crippen LogP contribution < -0.4 is 5.73 Å². The van der Waals surface area contributed by atoms with Crippen LogP contribution in [0.3, 0.4) is 0 Å². The standard InChI is InChI=1S/C14H17F2N3O2/c1-8(2)20-7-14(3,17)13-18-12(21-19-13)9-4-5-10(15)11(16)6-9/h4-6,8H,7,17H2,1-3H3. The summed E-state index contributed by atoms with van der Waals surface area (Å²) in [5, 5.41) is 3.79. The Hall–Kier alpha value is -1.86. The van der Waals surface area contributed by atoms with Crippen LogP contribution in [0.2, 0.25) is 0 Å². The quantitative estimate of drug-likeness (QED) is 0.918. The highest BCUT2D eigenvalue weighted by Gasteiger charge is 2.28. The summed E-state index contributed by atoms with van der Waals surface area (Å²) in [7, 11) is 0. The molecule has 2 N–H and O–H groups in total. The minimum absolute atomic E-state index is 0.0189. The molecule has 0 aliphatic carbocycles. The van der Waals surface area contributed by atoms with Crippen LogP contribution in [0.1, 0.15) is 26.6 Å². The van der Waals surface area contributed by atoms with Gasteiger partial charge in [0.2, 0.25) is 0 Å². The Bertz CT molecular complexity index is 626. The topological polar surface area (TPSA) is 74.2 Å². The van der Waals surface area contributed by atoms with Gasteiger partial charge in [0.15, 0.2) is 17.5 Å². The largest absolute Gasteiger partial charge is 0.376 e. The first-order chi connectivity index (χ1) is 9.79. The zero-order valence-electron chi connectivity index (χ0n) is 12.1. The molecule has 1 unspecified atom stereocenters. The predicted octanol–water partition coefficient (Wildman–Crippen LogP) is 2.61. The van der Waals surface area contributed by atoms with E-state index in [9.17, 15) is 8.78 Å². The maximum Gasteiger partial charge on any atom is 0.258 e. The number of halogens is 2. The number of aromatic nitrogens is 2. The van der Waals surface area contributed by atoms with Gasteiger partial charge in [-0.2, -0.15) is 4.98 Å². The number of hydrogen-bond donors (Lipinski definition) is 1. The fourth-order valence-electron chi connectivity index (χ4n) is 1.61. The molecule has 0 radical (unpaired) electrons. The van der Waals surface area contributed by atoms with E-state index in [0.29, 0.717) is 0 Å². The molecule has 0 saturated heterocycles. The molecule has 0 aliphatic rings. The molecule has 0 fully saturated rings. The van der Waals surface area contributed by atoms with E-state index in [1.54, 1.807) is 6.92 Å². The van der Waals surface area contributed by atoms with E-state index >= 15 is 0 Å². The van der Waals surface area contributed by atoms with Gasteiger partial charge >= 0.3 is 0 Å². The predicted molar refractivity (Wildman–Crippen MR) is 72.3 cm³/mol. The number of nitrogens with two attached hydrogens (primary N) is 1. The molecule has 0 spiro atoms. The zero-order chi connectivity index (χ0) is 15.6. The van der Waals surface area contributed by atoms with E-state index in [1.165, 1.54) is 6.07 Å². The molecule has 0 saturated carbocycles. The smallest absolute Gasteiger partial charge is 0.258 e. The molecule has 2 rings (SSSR count). The maximum atomic E-state index is 13.2. The molecular formula is C14H17F2N3O2. The molecule has 7 heteroatoms. The lowest BCUT2D eigenvalue weighted by Gasteiger charge is -2.21. The molecule has 1 aromatic heterocycles. The van der Waals surface area contributed by atoms with E-state index in [2.05, 4.69) is 10.1 Å². The summed E-state index contributed by atoms with van der Waals surface area (Å²) in [5.41, 5.74) is 5.43. The minimum Gasteiger partial charge on any atom is -0.376 e. The third kappa shape index (κ3) is 3.62. The van der Waals surface area contributed by atoms with Crippen molar-refractivity contribution in [2.75, 3.05) is 6.61 Å². The summed E-state index contributed by atoms with van der Waals surface area (Å²) in [6.45, 7) is 5.69. The summed E-state index contributed by atoms with van der Waals surface area (Å²) < 4.78 is 36.6. The summed E-state index contributed by atoms with van der Waals surface area (Å²) in [6, 6.07) is 3.34. The van der Waals surface area contributed by atoms with E-state index in [-0.39, 0.29) is 30.0 Å². The SMILES string of the molecule is CC(C)OCC(C)(N)c1noc(-c2ccc(F)c(F)c2)n1. The van der Waals surface area contributed by atoms with Crippen molar-refractivity contribution in [3.8, 4) is 11.5 Å². The van der Waals surface area contributed by atoms with Gasteiger partial charge in [-0.05, 0) is 39.0 Å². The van der Waals surface area contributed by atoms with Crippen molar-refractivity contribution in [3.63, 3.8) is 0 Å². The monoisotopic (exact) mass is 297 g/mol. The molecule has 5 nitrogen and oxygen atoms in total. The Balaban J connectivity index is 2.22. The van der Waals surface area contributed by atoms with Crippen molar-refractivity contribution < 1.29 is 18.0 Å². The number of benzene rings is 1. The number of rotatable bonds is 5. The molecule has 1 heterocycles. The molecule has 0 bridgehead atoms. The Kier molecular flexibility index (Phi) is 4.34. The number of hydrogen-bond acceptors (Lipinski definition) is 5.